The molecule has 1 aliphatic rings. The second-order valence-electron chi connectivity index (χ2n) is 9.41. The predicted molar refractivity (Wildman–Crippen MR) is 146 cm³/mol. The maximum absolute atomic E-state index is 10.0. The Balaban J connectivity index is 0.00000900. The van der Waals surface area contributed by atoms with E-state index in [1.54, 1.807) is 0 Å². The minimum atomic E-state index is -0.305. The Hall–Kier alpha value is 0.570. The molecular formula is C26H55IN2O2. The number of rotatable bonds is 22. The number of aliphatic hydroxyl groups is 1. The van der Waals surface area contributed by atoms with E-state index in [2.05, 4.69) is 17.1 Å². The van der Waals surface area contributed by atoms with Crippen LogP contribution < -0.4 is 5.32 Å². The summed E-state index contributed by atoms with van der Waals surface area (Å²) in [7, 11) is 0. The van der Waals surface area contributed by atoms with Gasteiger partial charge in [-0.1, -0.05) is 103 Å². The third kappa shape index (κ3) is 22.1. The molecule has 1 fully saturated rings. The molecule has 0 aliphatic carbocycles. The number of ether oxygens (including phenoxy) is 1. The zero-order valence-electron chi connectivity index (χ0n) is 20.8. The summed E-state index contributed by atoms with van der Waals surface area (Å²) in [6.45, 7) is 8.95. The molecular weight excluding hydrogens is 499 g/mol. The average Bonchev–Trinajstić information content (AvgIpc) is 2.77. The number of hydrogen-bond donors (Lipinski definition) is 2. The lowest BCUT2D eigenvalue weighted by atomic mass is 10.0. The quantitative estimate of drug-likeness (QED) is 0.118. The molecule has 2 N–H and O–H groups in total. The van der Waals surface area contributed by atoms with E-state index in [9.17, 15) is 5.11 Å². The normalized spacial score (nSPS) is 15.7. The van der Waals surface area contributed by atoms with E-state index >= 15 is 0 Å². The molecule has 1 saturated heterocycles. The van der Waals surface area contributed by atoms with Gasteiger partial charge in [-0.05, 0) is 12.8 Å². The van der Waals surface area contributed by atoms with Crippen LogP contribution in [0.1, 0.15) is 116 Å². The Morgan fingerprint density at radius 3 is 1.68 bits per heavy atom. The molecule has 31 heavy (non-hydrogen) atoms. The van der Waals surface area contributed by atoms with E-state index in [0.29, 0.717) is 6.61 Å². The van der Waals surface area contributed by atoms with Crippen molar-refractivity contribution in [1.29, 1.82) is 0 Å². The lowest BCUT2D eigenvalue weighted by molar-refractivity contribution is 0.0252. The summed E-state index contributed by atoms with van der Waals surface area (Å²) in [5.74, 6) is 0. The standard InChI is InChI=1S/C26H54N2O2.HI/c1-2-3-4-5-6-7-8-9-10-11-12-13-14-15-16-17-24-30-25-26(29)18-21-28-22-19-27-20-23-28;/h26-27,29H,2-25H2,1H3;1H. The summed E-state index contributed by atoms with van der Waals surface area (Å²) >= 11 is 0. The molecule has 0 bridgehead atoms. The number of piperazine rings is 1. The minimum absolute atomic E-state index is 0. The predicted octanol–water partition coefficient (Wildman–Crippen LogP) is 6.54. The fraction of sp³-hybridized carbons (Fsp3) is 1.00. The Morgan fingerprint density at radius 1 is 0.742 bits per heavy atom. The molecule has 188 valence electrons. The van der Waals surface area contributed by atoms with Gasteiger partial charge >= 0.3 is 0 Å². The Kier molecular flexibility index (Phi) is 25.7. The first-order chi connectivity index (χ1) is 14.8. The van der Waals surface area contributed by atoms with Crippen LogP contribution in [0.5, 0.6) is 0 Å². The molecule has 0 saturated carbocycles. The van der Waals surface area contributed by atoms with Gasteiger partial charge in [0.1, 0.15) is 0 Å². The molecule has 0 amide bonds. The third-order valence-corrected chi connectivity index (χ3v) is 6.44. The molecule has 0 radical (unpaired) electrons. The van der Waals surface area contributed by atoms with E-state index in [1.807, 2.05) is 0 Å². The van der Waals surface area contributed by atoms with Crippen molar-refractivity contribution in [3.05, 3.63) is 0 Å². The SMILES string of the molecule is CCCCCCCCCCCCCCCCCCOCC(O)CCN1CCNCC1.I. The van der Waals surface area contributed by atoms with Crippen molar-refractivity contribution in [3.63, 3.8) is 0 Å². The van der Waals surface area contributed by atoms with Crippen LogP contribution in [0.15, 0.2) is 0 Å². The van der Waals surface area contributed by atoms with Crippen LogP contribution in [0.25, 0.3) is 0 Å². The minimum Gasteiger partial charge on any atom is -0.391 e. The van der Waals surface area contributed by atoms with Crippen molar-refractivity contribution in [2.75, 3.05) is 45.9 Å². The Bertz CT molecular complexity index is 341. The molecule has 1 heterocycles. The summed E-state index contributed by atoms with van der Waals surface area (Å²) in [5.41, 5.74) is 0. The fourth-order valence-corrected chi connectivity index (χ4v) is 4.32. The monoisotopic (exact) mass is 554 g/mol. The van der Waals surface area contributed by atoms with Gasteiger partial charge in [-0.3, -0.25) is 0 Å². The van der Waals surface area contributed by atoms with Gasteiger partial charge in [0.15, 0.2) is 0 Å². The highest BCUT2D eigenvalue weighted by molar-refractivity contribution is 14.0. The Morgan fingerprint density at radius 2 is 1.19 bits per heavy atom. The van der Waals surface area contributed by atoms with Crippen LogP contribution in [0.3, 0.4) is 0 Å². The molecule has 1 aliphatic heterocycles. The summed E-state index contributed by atoms with van der Waals surface area (Å²) in [6, 6.07) is 0. The van der Waals surface area contributed by atoms with Crippen LogP contribution in [0, 0.1) is 0 Å². The molecule has 0 aromatic heterocycles. The first kappa shape index (κ1) is 31.6. The zero-order valence-corrected chi connectivity index (χ0v) is 23.1. The van der Waals surface area contributed by atoms with Gasteiger partial charge in [0.05, 0.1) is 12.7 Å². The van der Waals surface area contributed by atoms with Gasteiger partial charge in [-0.2, -0.15) is 0 Å². The summed E-state index contributed by atoms with van der Waals surface area (Å²) in [4.78, 5) is 2.43. The van der Waals surface area contributed by atoms with Gasteiger partial charge in [0.25, 0.3) is 0 Å². The van der Waals surface area contributed by atoms with Crippen molar-refractivity contribution < 1.29 is 9.84 Å². The van der Waals surface area contributed by atoms with Crippen LogP contribution in [-0.2, 0) is 4.74 Å². The summed E-state index contributed by atoms with van der Waals surface area (Å²) < 4.78 is 5.67. The molecule has 1 unspecified atom stereocenters. The van der Waals surface area contributed by atoms with Crippen molar-refractivity contribution in [3.8, 4) is 0 Å². The highest BCUT2D eigenvalue weighted by Crippen LogP contribution is 2.13. The van der Waals surface area contributed by atoms with Crippen molar-refractivity contribution in [2.45, 2.75) is 122 Å². The van der Waals surface area contributed by atoms with E-state index in [-0.39, 0.29) is 30.1 Å². The number of nitrogens with one attached hydrogen (secondary N) is 1. The van der Waals surface area contributed by atoms with Crippen molar-refractivity contribution in [1.82, 2.24) is 10.2 Å². The first-order valence-corrected chi connectivity index (χ1v) is 13.5. The Labute approximate surface area is 211 Å². The molecule has 0 aromatic rings. The third-order valence-electron chi connectivity index (χ3n) is 6.44. The molecule has 1 atom stereocenters. The summed E-state index contributed by atoms with van der Waals surface area (Å²) in [5, 5.41) is 13.4. The molecule has 5 heteroatoms. The average molecular weight is 555 g/mol. The maximum Gasteiger partial charge on any atom is 0.0785 e. The highest BCUT2D eigenvalue weighted by Gasteiger charge is 2.11. The smallest absolute Gasteiger partial charge is 0.0785 e. The van der Waals surface area contributed by atoms with E-state index in [1.165, 1.54) is 96.3 Å². The number of aliphatic hydroxyl groups excluding tert-OH is 1. The van der Waals surface area contributed by atoms with Gasteiger partial charge in [0.2, 0.25) is 0 Å². The maximum atomic E-state index is 10.0. The first-order valence-electron chi connectivity index (χ1n) is 13.5. The number of nitrogens with zero attached hydrogens (tertiary/aromatic N) is 1. The van der Waals surface area contributed by atoms with Gasteiger partial charge < -0.3 is 20.1 Å². The lowest BCUT2D eigenvalue weighted by Gasteiger charge is -2.27. The lowest BCUT2D eigenvalue weighted by Crippen LogP contribution is -2.44. The van der Waals surface area contributed by atoms with Gasteiger partial charge in [-0.15, -0.1) is 24.0 Å². The molecule has 1 rings (SSSR count). The second kappa shape index (κ2) is 25.2. The van der Waals surface area contributed by atoms with Crippen LogP contribution >= 0.6 is 24.0 Å². The van der Waals surface area contributed by atoms with Gasteiger partial charge in [0, 0.05) is 39.3 Å². The molecule has 0 spiro atoms. The summed E-state index contributed by atoms with van der Waals surface area (Å²) in [6.07, 6.45) is 22.9. The zero-order chi connectivity index (χ0) is 21.5. The van der Waals surface area contributed by atoms with Crippen LogP contribution in [0.2, 0.25) is 0 Å². The fourth-order valence-electron chi connectivity index (χ4n) is 4.32. The van der Waals surface area contributed by atoms with E-state index in [4.69, 9.17) is 4.74 Å². The van der Waals surface area contributed by atoms with Crippen molar-refractivity contribution >= 4 is 24.0 Å². The van der Waals surface area contributed by atoms with Crippen LogP contribution in [-0.4, -0.2) is 62.0 Å². The number of hydrogen-bond acceptors (Lipinski definition) is 4. The van der Waals surface area contributed by atoms with E-state index < -0.39 is 0 Å². The highest BCUT2D eigenvalue weighted by atomic mass is 127. The van der Waals surface area contributed by atoms with Gasteiger partial charge in [-0.25, -0.2) is 0 Å². The topological polar surface area (TPSA) is 44.7 Å². The largest absolute Gasteiger partial charge is 0.391 e. The van der Waals surface area contributed by atoms with Crippen LogP contribution in [0.4, 0.5) is 0 Å². The molecule has 4 nitrogen and oxygen atoms in total. The number of unbranched alkanes of at least 4 members (excludes halogenated alkanes) is 15. The van der Waals surface area contributed by atoms with Crippen molar-refractivity contribution in [2.24, 2.45) is 0 Å². The van der Waals surface area contributed by atoms with E-state index in [0.717, 1.165) is 52.2 Å². The second-order valence-corrected chi connectivity index (χ2v) is 9.41. The number of halogens is 1. The molecule has 0 aromatic carbocycles.